The summed E-state index contributed by atoms with van der Waals surface area (Å²) in [5, 5.41) is 0. The van der Waals surface area contributed by atoms with Crippen molar-refractivity contribution in [3.8, 4) is 5.88 Å². The third kappa shape index (κ3) is 2.24. The van der Waals surface area contributed by atoms with Crippen LogP contribution in [-0.4, -0.2) is 39.8 Å². The van der Waals surface area contributed by atoms with Crippen molar-refractivity contribution in [2.75, 3.05) is 7.11 Å². The average molecular weight is 325 g/mol. The molecule has 19 heavy (non-hydrogen) atoms. The summed E-state index contributed by atoms with van der Waals surface area (Å²) < 4.78 is 5.20. The van der Waals surface area contributed by atoms with Gasteiger partial charge in [0.15, 0.2) is 0 Å². The van der Waals surface area contributed by atoms with E-state index in [0.29, 0.717) is 28.4 Å². The van der Waals surface area contributed by atoms with E-state index in [0.717, 1.165) is 25.7 Å². The van der Waals surface area contributed by atoms with Gasteiger partial charge in [0.2, 0.25) is 5.88 Å². The summed E-state index contributed by atoms with van der Waals surface area (Å²) in [4.78, 5) is 19.5. The fraction of sp³-hybridized carbons (Fsp3) is 0.571. The Balaban J connectivity index is 1.89. The number of ether oxygens (including phenoxy) is 1. The third-order valence-corrected chi connectivity index (χ3v) is 4.85. The van der Waals surface area contributed by atoms with Crippen LogP contribution in [0, 0.1) is 0 Å². The summed E-state index contributed by atoms with van der Waals surface area (Å²) in [6, 6.07) is 4.31. The Hall–Kier alpha value is -1.10. The number of carbonyl (C=O) groups is 1. The van der Waals surface area contributed by atoms with Crippen LogP contribution < -0.4 is 4.74 Å². The van der Waals surface area contributed by atoms with Crippen LogP contribution in [0.3, 0.4) is 0 Å². The van der Waals surface area contributed by atoms with E-state index in [4.69, 9.17) is 4.74 Å². The second-order valence-corrected chi connectivity index (χ2v) is 6.52. The number of fused-ring (bicyclic) bond motifs is 2. The van der Waals surface area contributed by atoms with Gasteiger partial charge in [0.1, 0.15) is 5.56 Å². The highest BCUT2D eigenvalue weighted by Gasteiger charge is 2.43. The minimum atomic E-state index is 0.0665. The van der Waals surface area contributed by atoms with Crippen molar-refractivity contribution >= 4 is 21.8 Å². The van der Waals surface area contributed by atoms with E-state index in [1.807, 2.05) is 0 Å². The largest absolute Gasteiger partial charge is 0.480 e. The molecule has 102 valence electrons. The van der Waals surface area contributed by atoms with Crippen LogP contribution in [0.15, 0.2) is 18.3 Å². The van der Waals surface area contributed by atoms with Crippen LogP contribution in [0.25, 0.3) is 0 Å². The quantitative estimate of drug-likeness (QED) is 0.785. The van der Waals surface area contributed by atoms with Crippen LogP contribution in [0.1, 0.15) is 36.0 Å². The number of pyridine rings is 1. The highest BCUT2D eigenvalue weighted by Crippen LogP contribution is 2.39. The number of hydrogen-bond acceptors (Lipinski definition) is 3. The van der Waals surface area contributed by atoms with E-state index >= 15 is 0 Å². The lowest BCUT2D eigenvalue weighted by atomic mass is 10.0. The molecule has 1 amide bonds. The first-order valence-electron chi connectivity index (χ1n) is 6.66. The predicted octanol–water partition coefficient (Wildman–Crippen LogP) is 2.62. The lowest BCUT2D eigenvalue weighted by molar-refractivity contribution is 0.0599. The molecule has 0 spiro atoms. The van der Waals surface area contributed by atoms with Gasteiger partial charge in [-0.25, -0.2) is 4.98 Å². The number of hydrogen-bond donors (Lipinski definition) is 0. The van der Waals surface area contributed by atoms with Gasteiger partial charge in [-0.15, -0.1) is 0 Å². The number of aromatic nitrogens is 1. The Morgan fingerprint density at radius 2 is 2.11 bits per heavy atom. The molecule has 2 aliphatic rings. The lowest BCUT2D eigenvalue weighted by Crippen LogP contribution is -2.46. The maximum Gasteiger partial charge on any atom is 0.259 e. The van der Waals surface area contributed by atoms with Gasteiger partial charge in [0.25, 0.3) is 5.91 Å². The summed E-state index contributed by atoms with van der Waals surface area (Å²) in [6.45, 7) is 0. The van der Waals surface area contributed by atoms with E-state index < -0.39 is 0 Å². The van der Waals surface area contributed by atoms with Gasteiger partial charge in [0.05, 0.1) is 7.11 Å². The van der Waals surface area contributed by atoms with Crippen molar-refractivity contribution in [1.82, 2.24) is 9.88 Å². The predicted molar refractivity (Wildman–Crippen MR) is 75.7 cm³/mol. The topological polar surface area (TPSA) is 42.4 Å². The van der Waals surface area contributed by atoms with E-state index in [9.17, 15) is 4.79 Å². The van der Waals surface area contributed by atoms with Crippen molar-refractivity contribution in [2.45, 2.75) is 42.6 Å². The van der Waals surface area contributed by atoms with Crippen LogP contribution >= 0.6 is 15.9 Å². The molecular weight excluding hydrogens is 308 g/mol. The van der Waals surface area contributed by atoms with Gasteiger partial charge in [-0.3, -0.25) is 4.79 Å². The standard InChI is InChI=1S/C14H17BrN2O2/c1-19-13-12(3-2-6-16-13)14(18)17-10-4-5-11(17)8-9(15)7-10/h2-3,6,9-11H,4-5,7-8H2,1H3. The second kappa shape index (κ2) is 5.12. The molecule has 0 saturated carbocycles. The number of amides is 1. The molecule has 4 nitrogen and oxygen atoms in total. The zero-order valence-electron chi connectivity index (χ0n) is 10.9. The molecule has 3 rings (SSSR count). The minimum Gasteiger partial charge on any atom is -0.480 e. The Morgan fingerprint density at radius 1 is 1.42 bits per heavy atom. The molecule has 1 aromatic rings. The van der Waals surface area contributed by atoms with Crippen LogP contribution in [0.5, 0.6) is 5.88 Å². The van der Waals surface area contributed by atoms with E-state index in [-0.39, 0.29) is 5.91 Å². The molecule has 2 atom stereocenters. The fourth-order valence-corrected chi connectivity index (χ4v) is 4.16. The Labute approximate surface area is 121 Å². The number of halogens is 1. The van der Waals surface area contributed by atoms with Crippen molar-refractivity contribution in [2.24, 2.45) is 0 Å². The van der Waals surface area contributed by atoms with Crippen molar-refractivity contribution in [3.63, 3.8) is 0 Å². The molecular formula is C14H17BrN2O2. The third-order valence-electron chi connectivity index (χ3n) is 4.10. The molecule has 2 saturated heterocycles. The van der Waals surface area contributed by atoms with Gasteiger partial charge in [-0.05, 0) is 37.8 Å². The number of rotatable bonds is 2. The lowest BCUT2D eigenvalue weighted by Gasteiger charge is -2.37. The Kier molecular flexibility index (Phi) is 3.48. The van der Waals surface area contributed by atoms with Gasteiger partial charge in [0, 0.05) is 23.1 Å². The molecule has 0 radical (unpaired) electrons. The summed E-state index contributed by atoms with van der Waals surface area (Å²) in [5.41, 5.74) is 0.579. The highest BCUT2D eigenvalue weighted by molar-refractivity contribution is 9.09. The maximum atomic E-state index is 12.7. The van der Waals surface area contributed by atoms with Crippen molar-refractivity contribution in [1.29, 1.82) is 0 Å². The fourth-order valence-electron chi connectivity index (χ4n) is 3.30. The van der Waals surface area contributed by atoms with Gasteiger partial charge in [-0.1, -0.05) is 15.9 Å². The molecule has 2 fully saturated rings. The van der Waals surface area contributed by atoms with Crippen LogP contribution in [0.4, 0.5) is 0 Å². The molecule has 0 aromatic carbocycles. The zero-order chi connectivity index (χ0) is 13.4. The van der Waals surface area contributed by atoms with E-state index in [1.165, 1.54) is 0 Å². The Morgan fingerprint density at radius 3 is 2.74 bits per heavy atom. The molecule has 2 aliphatic heterocycles. The molecule has 2 bridgehead atoms. The average Bonchev–Trinajstić information content (AvgIpc) is 2.70. The van der Waals surface area contributed by atoms with Gasteiger partial charge in [-0.2, -0.15) is 0 Å². The first-order valence-corrected chi connectivity index (χ1v) is 7.58. The molecule has 5 heteroatoms. The highest BCUT2D eigenvalue weighted by atomic mass is 79.9. The smallest absolute Gasteiger partial charge is 0.259 e. The molecule has 3 heterocycles. The number of methoxy groups -OCH3 is 1. The maximum absolute atomic E-state index is 12.7. The minimum absolute atomic E-state index is 0.0665. The van der Waals surface area contributed by atoms with Crippen molar-refractivity contribution < 1.29 is 9.53 Å². The summed E-state index contributed by atoms with van der Waals surface area (Å²) in [6.07, 6.45) is 5.97. The van der Waals surface area contributed by atoms with Gasteiger partial charge >= 0.3 is 0 Å². The monoisotopic (exact) mass is 324 g/mol. The molecule has 1 aromatic heterocycles. The van der Waals surface area contributed by atoms with Crippen LogP contribution in [-0.2, 0) is 0 Å². The number of carbonyl (C=O) groups excluding carboxylic acids is 1. The Bertz CT molecular complexity index is 480. The number of piperidine rings is 1. The summed E-state index contributed by atoms with van der Waals surface area (Å²) in [7, 11) is 1.55. The first-order chi connectivity index (χ1) is 9.20. The summed E-state index contributed by atoms with van der Waals surface area (Å²) in [5.74, 6) is 0.490. The van der Waals surface area contributed by atoms with Gasteiger partial charge < -0.3 is 9.64 Å². The normalized spacial score (nSPS) is 29.4. The summed E-state index contributed by atoms with van der Waals surface area (Å²) >= 11 is 3.70. The molecule has 2 unspecified atom stereocenters. The van der Waals surface area contributed by atoms with E-state index in [2.05, 4.69) is 25.8 Å². The van der Waals surface area contributed by atoms with Crippen LogP contribution in [0.2, 0.25) is 0 Å². The first kappa shape index (κ1) is 12.9. The zero-order valence-corrected chi connectivity index (χ0v) is 12.5. The SMILES string of the molecule is COc1ncccc1C(=O)N1C2CCC1CC(Br)C2. The van der Waals surface area contributed by atoms with Crippen molar-refractivity contribution in [3.05, 3.63) is 23.9 Å². The molecule has 0 aliphatic carbocycles. The second-order valence-electron chi connectivity index (χ2n) is 5.23. The molecule has 0 N–H and O–H groups in total. The number of alkyl halides is 1. The number of nitrogens with zero attached hydrogens (tertiary/aromatic N) is 2. The van der Waals surface area contributed by atoms with E-state index in [1.54, 1.807) is 25.4 Å².